The Morgan fingerprint density at radius 2 is 1.89 bits per heavy atom. The van der Waals surface area contributed by atoms with E-state index in [9.17, 15) is 0 Å². The number of anilines is 2. The van der Waals surface area contributed by atoms with E-state index in [1.165, 1.54) is 32.1 Å². The Morgan fingerprint density at radius 3 is 2.68 bits per heavy atom. The molecule has 1 aromatic heterocycles. The molecule has 0 bridgehead atoms. The van der Waals surface area contributed by atoms with Gasteiger partial charge in [0.05, 0.1) is 23.1 Å². The molecule has 1 aliphatic rings. The number of para-hydroxylation sites is 1. The molecule has 1 fully saturated rings. The Labute approximate surface area is 114 Å². The van der Waals surface area contributed by atoms with Gasteiger partial charge in [-0.2, -0.15) is 0 Å². The fraction of sp³-hybridized carbons (Fsp3) is 0.438. The lowest BCUT2D eigenvalue weighted by atomic mass is 9.83. The maximum absolute atomic E-state index is 6.14. The first-order valence-corrected chi connectivity index (χ1v) is 7.09. The minimum Gasteiger partial charge on any atom is -0.396 e. The van der Waals surface area contributed by atoms with E-state index in [0.29, 0.717) is 0 Å². The number of nitrogens with two attached hydrogens (primary N) is 1. The summed E-state index contributed by atoms with van der Waals surface area (Å²) < 4.78 is 0. The number of nitrogens with zero attached hydrogens (tertiary/aromatic N) is 1. The minimum atomic E-state index is 0.163. The van der Waals surface area contributed by atoms with E-state index in [2.05, 4.69) is 23.3 Å². The zero-order valence-electron chi connectivity index (χ0n) is 11.4. The topological polar surface area (TPSA) is 50.9 Å². The third-order valence-corrected chi connectivity index (χ3v) is 4.19. The van der Waals surface area contributed by atoms with Crippen LogP contribution < -0.4 is 11.1 Å². The number of nitrogen functional groups attached to an aromatic ring is 1. The Morgan fingerprint density at radius 1 is 1.16 bits per heavy atom. The van der Waals surface area contributed by atoms with Gasteiger partial charge in [-0.1, -0.05) is 37.5 Å². The van der Waals surface area contributed by atoms with E-state index in [0.717, 1.165) is 22.3 Å². The number of hydrogen-bond donors (Lipinski definition) is 2. The summed E-state index contributed by atoms with van der Waals surface area (Å²) in [4.78, 5) is 4.39. The summed E-state index contributed by atoms with van der Waals surface area (Å²) in [5.74, 6) is 0. The second kappa shape index (κ2) is 4.72. The number of fused-ring (bicyclic) bond motifs is 1. The number of nitrogens with one attached hydrogen (secondary N) is 1. The van der Waals surface area contributed by atoms with E-state index in [-0.39, 0.29) is 5.54 Å². The first kappa shape index (κ1) is 12.3. The molecule has 3 nitrogen and oxygen atoms in total. The summed E-state index contributed by atoms with van der Waals surface area (Å²) in [6.45, 7) is 2.31. The summed E-state index contributed by atoms with van der Waals surface area (Å²) >= 11 is 0. The number of rotatable bonds is 2. The fourth-order valence-corrected chi connectivity index (χ4v) is 3.06. The number of benzene rings is 1. The first-order chi connectivity index (χ1) is 9.18. The molecule has 0 amide bonds. The molecule has 1 saturated carbocycles. The van der Waals surface area contributed by atoms with Crippen LogP contribution in [-0.4, -0.2) is 10.5 Å². The lowest BCUT2D eigenvalue weighted by Gasteiger charge is -2.36. The Balaban J connectivity index is 2.02. The molecule has 1 heterocycles. The van der Waals surface area contributed by atoms with Gasteiger partial charge in [-0.15, -0.1) is 0 Å². The summed E-state index contributed by atoms with van der Waals surface area (Å²) in [6, 6.07) is 8.17. The van der Waals surface area contributed by atoms with E-state index in [1.807, 2.05) is 18.2 Å². The van der Waals surface area contributed by atoms with Crippen molar-refractivity contribution in [1.29, 1.82) is 0 Å². The van der Waals surface area contributed by atoms with Gasteiger partial charge in [-0.3, -0.25) is 4.98 Å². The van der Waals surface area contributed by atoms with Crippen molar-refractivity contribution in [3.63, 3.8) is 0 Å². The van der Waals surface area contributed by atoms with Gasteiger partial charge >= 0.3 is 0 Å². The predicted molar refractivity (Wildman–Crippen MR) is 81.3 cm³/mol. The number of pyridine rings is 1. The van der Waals surface area contributed by atoms with Gasteiger partial charge in [0.25, 0.3) is 0 Å². The zero-order chi connectivity index (χ0) is 13.3. The lowest BCUT2D eigenvalue weighted by Crippen LogP contribution is -2.37. The van der Waals surface area contributed by atoms with Crippen LogP contribution in [0, 0.1) is 0 Å². The molecule has 1 aromatic carbocycles. The summed E-state index contributed by atoms with van der Waals surface area (Å²) in [7, 11) is 0. The zero-order valence-corrected chi connectivity index (χ0v) is 11.4. The Bertz CT molecular complexity index is 586. The van der Waals surface area contributed by atoms with E-state index in [1.54, 1.807) is 6.20 Å². The maximum atomic E-state index is 6.14. The van der Waals surface area contributed by atoms with Crippen molar-refractivity contribution >= 4 is 22.3 Å². The van der Waals surface area contributed by atoms with Gasteiger partial charge in [-0.05, 0) is 25.8 Å². The highest BCUT2D eigenvalue weighted by molar-refractivity contribution is 5.97. The van der Waals surface area contributed by atoms with Gasteiger partial charge in [0, 0.05) is 10.9 Å². The molecule has 0 radical (unpaired) electrons. The molecule has 1 aliphatic carbocycles. The Kier molecular flexibility index (Phi) is 3.05. The summed E-state index contributed by atoms with van der Waals surface area (Å²) in [5, 5.41) is 4.82. The highest BCUT2D eigenvalue weighted by Gasteiger charge is 2.27. The van der Waals surface area contributed by atoms with Crippen LogP contribution in [0.25, 0.3) is 10.9 Å². The molecule has 0 atom stereocenters. The summed E-state index contributed by atoms with van der Waals surface area (Å²) in [6.07, 6.45) is 8.13. The molecule has 0 saturated heterocycles. The smallest absolute Gasteiger partial charge is 0.0743 e. The predicted octanol–water partition coefficient (Wildman–Crippen LogP) is 3.95. The van der Waals surface area contributed by atoms with Crippen molar-refractivity contribution in [2.75, 3.05) is 11.1 Å². The molecule has 0 aliphatic heterocycles. The van der Waals surface area contributed by atoms with Gasteiger partial charge in [0.2, 0.25) is 0 Å². The van der Waals surface area contributed by atoms with Crippen LogP contribution in [0.2, 0.25) is 0 Å². The minimum absolute atomic E-state index is 0.163. The number of hydrogen-bond acceptors (Lipinski definition) is 3. The van der Waals surface area contributed by atoms with E-state index in [4.69, 9.17) is 5.73 Å². The van der Waals surface area contributed by atoms with Gasteiger partial charge in [0.15, 0.2) is 0 Å². The molecule has 0 spiro atoms. The highest BCUT2D eigenvalue weighted by Crippen LogP contribution is 2.36. The van der Waals surface area contributed by atoms with Crippen LogP contribution in [-0.2, 0) is 0 Å². The third-order valence-electron chi connectivity index (χ3n) is 4.19. The standard InChI is InChI=1S/C16H21N3/c1-16(9-5-2-6-10-16)19-15-12-7-3-4-8-14(12)18-11-13(15)17/h3-4,7-8,11H,2,5-6,9-10,17H2,1H3,(H,18,19). The van der Waals surface area contributed by atoms with E-state index < -0.39 is 0 Å². The fourth-order valence-electron chi connectivity index (χ4n) is 3.06. The lowest BCUT2D eigenvalue weighted by molar-refractivity contribution is 0.350. The van der Waals surface area contributed by atoms with Crippen LogP contribution in [0.5, 0.6) is 0 Å². The third kappa shape index (κ3) is 2.37. The molecular formula is C16H21N3. The SMILES string of the molecule is CC1(Nc2c(N)cnc3ccccc23)CCCCC1. The quantitative estimate of drug-likeness (QED) is 0.854. The molecule has 3 rings (SSSR count). The van der Waals surface area contributed by atoms with Crippen LogP contribution in [0.15, 0.2) is 30.5 Å². The van der Waals surface area contributed by atoms with Gasteiger partial charge in [-0.25, -0.2) is 0 Å². The molecule has 2 aromatic rings. The second-order valence-corrected chi connectivity index (χ2v) is 5.85. The van der Waals surface area contributed by atoms with Crippen LogP contribution >= 0.6 is 0 Å². The first-order valence-electron chi connectivity index (χ1n) is 7.09. The molecule has 3 heteroatoms. The largest absolute Gasteiger partial charge is 0.396 e. The molecule has 3 N–H and O–H groups in total. The molecule has 100 valence electrons. The molecule has 0 unspecified atom stereocenters. The molecular weight excluding hydrogens is 234 g/mol. The van der Waals surface area contributed by atoms with Crippen molar-refractivity contribution in [2.24, 2.45) is 0 Å². The van der Waals surface area contributed by atoms with E-state index >= 15 is 0 Å². The average Bonchev–Trinajstić information content (AvgIpc) is 2.43. The molecule has 19 heavy (non-hydrogen) atoms. The number of aromatic nitrogens is 1. The van der Waals surface area contributed by atoms with Gasteiger partial charge in [0.1, 0.15) is 0 Å². The van der Waals surface area contributed by atoms with Crippen molar-refractivity contribution < 1.29 is 0 Å². The normalized spacial score (nSPS) is 18.4. The van der Waals surface area contributed by atoms with Crippen LogP contribution in [0.1, 0.15) is 39.0 Å². The van der Waals surface area contributed by atoms with Crippen molar-refractivity contribution in [3.05, 3.63) is 30.5 Å². The highest BCUT2D eigenvalue weighted by atomic mass is 15.0. The van der Waals surface area contributed by atoms with Crippen molar-refractivity contribution in [2.45, 2.75) is 44.6 Å². The second-order valence-electron chi connectivity index (χ2n) is 5.85. The van der Waals surface area contributed by atoms with Crippen molar-refractivity contribution in [3.8, 4) is 0 Å². The van der Waals surface area contributed by atoms with Crippen LogP contribution in [0.4, 0.5) is 11.4 Å². The Hall–Kier alpha value is -1.77. The van der Waals surface area contributed by atoms with Gasteiger partial charge < -0.3 is 11.1 Å². The summed E-state index contributed by atoms with van der Waals surface area (Å²) in [5.41, 5.74) is 9.09. The van der Waals surface area contributed by atoms with Crippen molar-refractivity contribution in [1.82, 2.24) is 4.98 Å². The maximum Gasteiger partial charge on any atom is 0.0743 e. The average molecular weight is 255 g/mol. The monoisotopic (exact) mass is 255 g/mol. The van der Waals surface area contributed by atoms with Crippen LogP contribution in [0.3, 0.4) is 0 Å².